The van der Waals surface area contributed by atoms with Crippen LogP contribution in [0.15, 0.2) is 0 Å². The predicted molar refractivity (Wildman–Crippen MR) is 80.8 cm³/mol. The molecule has 3 nitrogen and oxygen atoms in total. The van der Waals surface area contributed by atoms with Crippen molar-refractivity contribution in [2.45, 2.75) is 82.5 Å². The third-order valence-electron chi connectivity index (χ3n) is 5.87. The lowest BCUT2D eigenvalue weighted by Crippen LogP contribution is -2.46. The summed E-state index contributed by atoms with van der Waals surface area (Å²) in [6.45, 7) is 5.39. The van der Waals surface area contributed by atoms with Crippen LogP contribution in [0.2, 0.25) is 0 Å². The van der Waals surface area contributed by atoms with Crippen LogP contribution >= 0.6 is 0 Å². The van der Waals surface area contributed by atoms with E-state index in [9.17, 15) is 5.11 Å². The predicted octanol–water partition coefficient (Wildman–Crippen LogP) is 2.96. The fourth-order valence-electron chi connectivity index (χ4n) is 4.54. The van der Waals surface area contributed by atoms with Crippen LogP contribution in [0, 0.1) is 5.92 Å². The van der Waals surface area contributed by atoms with Crippen molar-refractivity contribution in [1.82, 2.24) is 4.90 Å². The van der Waals surface area contributed by atoms with Crippen molar-refractivity contribution in [3.8, 4) is 0 Å². The van der Waals surface area contributed by atoms with Crippen LogP contribution in [0.4, 0.5) is 0 Å². The molecular weight excluding hydrogens is 250 g/mol. The molecule has 2 saturated heterocycles. The summed E-state index contributed by atoms with van der Waals surface area (Å²) in [6.07, 6.45) is 11.6. The fraction of sp³-hybridized carbons (Fsp3) is 1.00. The fourth-order valence-corrected chi connectivity index (χ4v) is 4.54. The van der Waals surface area contributed by atoms with Gasteiger partial charge in [0.1, 0.15) is 0 Å². The number of hydrogen-bond acceptors (Lipinski definition) is 3. The molecule has 3 aliphatic rings. The van der Waals surface area contributed by atoms with E-state index in [1.54, 1.807) is 0 Å². The first kappa shape index (κ1) is 14.8. The summed E-state index contributed by atoms with van der Waals surface area (Å²) in [4.78, 5) is 2.54. The number of nitrogens with zero attached hydrogens (tertiary/aromatic N) is 1. The van der Waals surface area contributed by atoms with Crippen LogP contribution < -0.4 is 0 Å². The van der Waals surface area contributed by atoms with E-state index in [0.29, 0.717) is 12.0 Å². The highest BCUT2D eigenvalue weighted by molar-refractivity contribution is 4.92. The number of likely N-dealkylation sites (tertiary alicyclic amines) is 1. The Kier molecular flexibility index (Phi) is 4.68. The summed E-state index contributed by atoms with van der Waals surface area (Å²) < 4.78 is 6.48. The van der Waals surface area contributed by atoms with Crippen LogP contribution in [0.5, 0.6) is 0 Å². The molecule has 1 spiro atoms. The number of aliphatic hydroxyl groups is 1. The van der Waals surface area contributed by atoms with Crippen molar-refractivity contribution in [2.75, 3.05) is 19.6 Å². The molecule has 3 fully saturated rings. The molecule has 2 heterocycles. The molecule has 2 aliphatic heterocycles. The minimum Gasteiger partial charge on any atom is -0.393 e. The van der Waals surface area contributed by atoms with E-state index in [2.05, 4.69) is 11.8 Å². The van der Waals surface area contributed by atoms with Gasteiger partial charge in [-0.1, -0.05) is 26.2 Å². The van der Waals surface area contributed by atoms with Crippen molar-refractivity contribution in [2.24, 2.45) is 5.92 Å². The van der Waals surface area contributed by atoms with E-state index in [4.69, 9.17) is 4.74 Å². The average molecular weight is 281 g/mol. The standard InChI is InChI=1S/C17H31NO2/c1-2-14-12-18(11-7-16(14)19)13-15-6-10-17(20-15)8-4-3-5-9-17/h14-16,19H,2-13H2,1H3. The van der Waals surface area contributed by atoms with E-state index in [0.717, 1.165) is 32.5 Å². The number of piperidine rings is 1. The van der Waals surface area contributed by atoms with Crippen molar-refractivity contribution in [3.63, 3.8) is 0 Å². The molecular formula is C17H31NO2. The van der Waals surface area contributed by atoms with E-state index in [-0.39, 0.29) is 11.7 Å². The van der Waals surface area contributed by atoms with Gasteiger partial charge in [0, 0.05) is 19.6 Å². The molecule has 1 N–H and O–H groups in total. The van der Waals surface area contributed by atoms with Gasteiger partial charge < -0.3 is 14.7 Å². The second kappa shape index (κ2) is 6.33. The molecule has 0 radical (unpaired) electrons. The maximum atomic E-state index is 9.99. The van der Waals surface area contributed by atoms with Crippen molar-refractivity contribution in [3.05, 3.63) is 0 Å². The minimum absolute atomic E-state index is 0.0783. The Morgan fingerprint density at radius 2 is 1.95 bits per heavy atom. The highest BCUT2D eigenvalue weighted by Crippen LogP contribution is 2.42. The molecule has 116 valence electrons. The Morgan fingerprint density at radius 3 is 2.70 bits per heavy atom. The summed E-state index contributed by atoms with van der Waals surface area (Å²) in [5.41, 5.74) is 0.252. The van der Waals surface area contributed by atoms with Crippen LogP contribution in [-0.4, -0.2) is 47.4 Å². The summed E-state index contributed by atoms with van der Waals surface area (Å²) in [5.74, 6) is 0.466. The first-order chi connectivity index (χ1) is 9.71. The highest BCUT2D eigenvalue weighted by Gasteiger charge is 2.41. The zero-order valence-corrected chi connectivity index (χ0v) is 13.0. The zero-order valence-electron chi connectivity index (χ0n) is 13.0. The largest absolute Gasteiger partial charge is 0.393 e. The molecule has 3 rings (SSSR count). The van der Waals surface area contributed by atoms with Gasteiger partial charge >= 0.3 is 0 Å². The van der Waals surface area contributed by atoms with Crippen LogP contribution in [-0.2, 0) is 4.74 Å². The van der Waals surface area contributed by atoms with Crippen molar-refractivity contribution >= 4 is 0 Å². The Bertz CT molecular complexity index is 314. The Hall–Kier alpha value is -0.120. The maximum absolute atomic E-state index is 9.99. The molecule has 3 unspecified atom stereocenters. The number of hydrogen-bond donors (Lipinski definition) is 1. The molecule has 1 aliphatic carbocycles. The Labute approximate surface area is 123 Å². The van der Waals surface area contributed by atoms with Crippen molar-refractivity contribution < 1.29 is 9.84 Å². The molecule has 20 heavy (non-hydrogen) atoms. The second-order valence-electron chi connectivity index (χ2n) is 7.31. The third kappa shape index (κ3) is 3.20. The monoisotopic (exact) mass is 281 g/mol. The average Bonchev–Trinajstić information content (AvgIpc) is 2.84. The van der Waals surface area contributed by atoms with Crippen LogP contribution in [0.1, 0.15) is 64.7 Å². The van der Waals surface area contributed by atoms with Gasteiger partial charge in [-0.15, -0.1) is 0 Å². The number of ether oxygens (including phenoxy) is 1. The number of rotatable bonds is 3. The van der Waals surface area contributed by atoms with E-state index >= 15 is 0 Å². The van der Waals surface area contributed by atoms with Gasteiger partial charge in [0.25, 0.3) is 0 Å². The second-order valence-corrected chi connectivity index (χ2v) is 7.31. The Morgan fingerprint density at radius 1 is 1.15 bits per heavy atom. The lowest BCUT2D eigenvalue weighted by Gasteiger charge is -2.38. The zero-order chi connectivity index (χ0) is 14.0. The molecule has 0 bridgehead atoms. The van der Waals surface area contributed by atoms with Gasteiger partial charge in [0.05, 0.1) is 17.8 Å². The molecule has 0 aromatic carbocycles. The highest BCUT2D eigenvalue weighted by atomic mass is 16.5. The smallest absolute Gasteiger partial charge is 0.0710 e. The molecule has 1 saturated carbocycles. The van der Waals surface area contributed by atoms with Gasteiger partial charge in [0.2, 0.25) is 0 Å². The lowest BCUT2D eigenvalue weighted by atomic mass is 9.83. The van der Waals surface area contributed by atoms with Crippen molar-refractivity contribution in [1.29, 1.82) is 0 Å². The molecule has 0 aromatic heterocycles. The SMILES string of the molecule is CCC1CN(CC2CCC3(CCCCC3)O2)CCC1O. The summed E-state index contributed by atoms with van der Waals surface area (Å²) in [5, 5.41) is 9.99. The summed E-state index contributed by atoms with van der Waals surface area (Å²) >= 11 is 0. The van der Waals surface area contributed by atoms with Gasteiger partial charge in [-0.05, 0) is 44.4 Å². The summed E-state index contributed by atoms with van der Waals surface area (Å²) in [7, 11) is 0. The van der Waals surface area contributed by atoms with Gasteiger partial charge in [0.15, 0.2) is 0 Å². The summed E-state index contributed by atoms with van der Waals surface area (Å²) in [6, 6.07) is 0. The van der Waals surface area contributed by atoms with Gasteiger partial charge in [-0.3, -0.25) is 0 Å². The third-order valence-corrected chi connectivity index (χ3v) is 5.87. The Balaban J connectivity index is 1.49. The van der Waals surface area contributed by atoms with E-state index < -0.39 is 0 Å². The maximum Gasteiger partial charge on any atom is 0.0710 e. The molecule has 3 atom stereocenters. The van der Waals surface area contributed by atoms with Gasteiger partial charge in [-0.2, -0.15) is 0 Å². The molecule has 0 aromatic rings. The van der Waals surface area contributed by atoms with Crippen LogP contribution in [0.3, 0.4) is 0 Å². The van der Waals surface area contributed by atoms with E-state index in [1.165, 1.54) is 44.9 Å². The first-order valence-corrected chi connectivity index (χ1v) is 8.79. The van der Waals surface area contributed by atoms with E-state index in [1.807, 2.05) is 0 Å². The normalized spacial score (nSPS) is 38.4. The topological polar surface area (TPSA) is 32.7 Å². The molecule has 3 heteroatoms. The number of aliphatic hydroxyl groups excluding tert-OH is 1. The van der Waals surface area contributed by atoms with Crippen LogP contribution in [0.25, 0.3) is 0 Å². The molecule has 0 amide bonds. The van der Waals surface area contributed by atoms with Gasteiger partial charge in [-0.25, -0.2) is 0 Å². The minimum atomic E-state index is -0.0783. The first-order valence-electron chi connectivity index (χ1n) is 8.79. The lowest BCUT2D eigenvalue weighted by molar-refractivity contribution is -0.0787. The quantitative estimate of drug-likeness (QED) is 0.863.